The predicted molar refractivity (Wildman–Crippen MR) is 121 cm³/mol. The van der Waals surface area contributed by atoms with Crippen molar-refractivity contribution in [1.29, 1.82) is 0 Å². The molecule has 1 aliphatic rings. The molecule has 0 radical (unpaired) electrons. The summed E-state index contributed by atoms with van der Waals surface area (Å²) >= 11 is 0. The van der Waals surface area contributed by atoms with E-state index < -0.39 is 17.5 Å². The first kappa shape index (κ1) is 22.4. The fourth-order valence-corrected chi connectivity index (χ4v) is 4.35. The molecule has 1 fully saturated rings. The van der Waals surface area contributed by atoms with Gasteiger partial charge in [-0.25, -0.2) is 4.79 Å². The smallest absolute Gasteiger partial charge is 0.325 e. The van der Waals surface area contributed by atoms with Crippen molar-refractivity contribution in [3.05, 3.63) is 77.0 Å². The summed E-state index contributed by atoms with van der Waals surface area (Å²) in [6, 6.07) is 12.2. The molecule has 8 nitrogen and oxygen atoms in total. The molecule has 3 heterocycles. The summed E-state index contributed by atoms with van der Waals surface area (Å²) in [6.07, 6.45) is 1.86. The Labute approximate surface area is 192 Å². The average molecular weight is 450 g/mol. The highest BCUT2D eigenvalue weighted by molar-refractivity contribution is 6.11. The minimum atomic E-state index is -1.16. The molecule has 0 unspecified atom stereocenters. The number of para-hydroxylation sites is 1. The van der Waals surface area contributed by atoms with Crippen molar-refractivity contribution in [3.63, 3.8) is 0 Å². The van der Waals surface area contributed by atoms with E-state index in [-0.39, 0.29) is 18.7 Å². The summed E-state index contributed by atoms with van der Waals surface area (Å²) < 4.78 is 12.8. The van der Waals surface area contributed by atoms with Gasteiger partial charge in [0.25, 0.3) is 5.91 Å². The van der Waals surface area contributed by atoms with Crippen LogP contribution in [0.25, 0.3) is 0 Å². The molecule has 0 spiro atoms. The third-order valence-corrected chi connectivity index (χ3v) is 6.15. The van der Waals surface area contributed by atoms with E-state index in [0.717, 1.165) is 27.6 Å². The molecule has 3 aromatic rings. The molecule has 1 aromatic carbocycles. The number of benzene rings is 1. The van der Waals surface area contributed by atoms with Gasteiger partial charge in [0.05, 0.1) is 26.5 Å². The number of urea groups is 1. The van der Waals surface area contributed by atoms with Crippen LogP contribution in [0.5, 0.6) is 5.75 Å². The first-order chi connectivity index (χ1) is 15.7. The monoisotopic (exact) mass is 449 g/mol. The molecular weight excluding hydrogens is 422 g/mol. The van der Waals surface area contributed by atoms with E-state index in [1.165, 1.54) is 0 Å². The number of amides is 3. The molecular formula is C25H27N3O5. The third kappa shape index (κ3) is 4.16. The summed E-state index contributed by atoms with van der Waals surface area (Å²) in [5.74, 6) is 0.686. The van der Waals surface area contributed by atoms with Crippen LogP contribution in [0.2, 0.25) is 0 Å². The van der Waals surface area contributed by atoms with Gasteiger partial charge in [0.1, 0.15) is 17.0 Å². The Bertz CT molecular complexity index is 1210. The Morgan fingerprint density at radius 3 is 2.61 bits per heavy atom. The minimum Gasteiger partial charge on any atom is -0.496 e. The number of aromatic nitrogens is 1. The molecule has 1 saturated heterocycles. The number of nitrogens with zero attached hydrogens (tertiary/aromatic N) is 2. The Morgan fingerprint density at radius 2 is 1.91 bits per heavy atom. The number of ether oxygens (including phenoxy) is 1. The second-order valence-electron chi connectivity index (χ2n) is 8.52. The van der Waals surface area contributed by atoms with E-state index in [0.29, 0.717) is 17.9 Å². The number of furan rings is 1. The second-order valence-corrected chi connectivity index (χ2v) is 8.52. The Morgan fingerprint density at radius 1 is 1.15 bits per heavy atom. The summed E-state index contributed by atoms with van der Waals surface area (Å²) in [7, 11) is 1.56. The highest BCUT2D eigenvalue weighted by atomic mass is 16.5. The zero-order valence-corrected chi connectivity index (χ0v) is 19.2. The number of imide groups is 1. The van der Waals surface area contributed by atoms with Crippen molar-refractivity contribution < 1.29 is 23.5 Å². The van der Waals surface area contributed by atoms with E-state index in [2.05, 4.69) is 5.32 Å². The van der Waals surface area contributed by atoms with Gasteiger partial charge in [0.2, 0.25) is 0 Å². The van der Waals surface area contributed by atoms with Crippen molar-refractivity contribution in [2.45, 2.75) is 39.3 Å². The van der Waals surface area contributed by atoms with E-state index in [9.17, 15) is 14.4 Å². The van der Waals surface area contributed by atoms with Crippen molar-refractivity contribution in [3.8, 4) is 5.75 Å². The van der Waals surface area contributed by atoms with Gasteiger partial charge < -0.3 is 19.0 Å². The predicted octanol–water partition coefficient (Wildman–Crippen LogP) is 3.49. The molecule has 1 N–H and O–H groups in total. The molecule has 33 heavy (non-hydrogen) atoms. The molecule has 8 heteroatoms. The van der Waals surface area contributed by atoms with Crippen molar-refractivity contribution in [2.75, 3.05) is 13.7 Å². The van der Waals surface area contributed by atoms with Crippen LogP contribution in [-0.2, 0) is 17.8 Å². The average Bonchev–Trinajstić information content (AvgIpc) is 3.45. The van der Waals surface area contributed by atoms with Gasteiger partial charge in [-0.2, -0.15) is 0 Å². The summed E-state index contributed by atoms with van der Waals surface area (Å²) in [4.78, 5) is 40.0. The van der Waals surface area contributed by atoms with Crippen LogP contribution in [0, 0.1) is 13.8 Å². The van der Waals surface area contributed by atoms with Gasteiger partial charge in [-0.3, -0.25) is 14.5 Å². The quantitative estimate of drug-likeness (QED) is 0.420. The largest absolute Gasteiger partial charge is 0.496 e. The number of Topliss-reactive ketones (excluding diaryl/α,β-unsaturated/α-hetero) is 1. The maximum Gasteiger partial charge on any atom is 0.325 e. The fourth-order valence-electron chi connectivity index (χ4n) is 4.35. The molecule has 4 rings (SSSR count). The maximum atomic E-state index is 13.2. The van der Waals surface area contributed by atoms with Crippen LogP contribution in [-0.4, -0.2) is 46.4 Å². The van der Waals surface area contributed by atoms with Crippen LogP contribution in [0.3, 0.4) is 0 Å². The Kier molecular flexibility index (Phi) is 5.84. The summed E-state index contributed by atoms with van der Waals surface area (Å²) in [5, 5.41) is 2.76. The van der Waals surface area contributed by atoms with E-state index >= 15 is 0 Å². The minimum absolute atomic E-state index is 0.254. The molecule has 3 amide bonds. The number of carbonyl (C=O) groups excluding carboxylic acids is 3. The molecule has 0 saturated carbocycles. The molecule has 1 atom stereocenters. The third-order valence-electron chi connectivity index (χ3n) is 6.15. The zero-order chi connectivity index (χ0) is 23.8. The fraction of sp³-hybridized carbons (Fsp3) is 0.320. The number of carbonyl (C=O) groups is 3. The van der Waals surface area contributed by atoms with Gasteiger partial charge in [-0.15, -0.1) is 0 Å². The van der Waals surface area contributed by atoms with Crippen LogP contribution < -0.4 is 10.1 Å². The Balaban J connectivity index is 1.52. The van der Waals surface area contributed by atoms with Gasteiger partial charge in [-0.05, 0) is 50.6 Å². The van der Waals surface area contributed by atoms with Gasteiger partial charge in [0, 0.05) is 23.4 Å². The lowest BCUT2D eigenvalue weighted by Gasteiger charge is -2.22. The van der Waals surface area contributed by atoms with Crippen molar-refractivity contribution in [1.82, 2.24) is 14.8 Å². The van der Waals surface area contributed by atoms with Gasteiger partial charge >= 0.3 is 6.03 Å². The van der Waals surface area contributed by atoms with Crippen molar-refractivity contribution >= 4 is 17.7 Å². The number of ketones is 1. The van der Waals surface area contributed by atoms with Crippen LogP contribution in [0.15, 0.2) is 53.1 Å². The lowest BCUT2D eigenvalue weighted by molar-refractivity contribution is -0.130. The molecule has 0 bridgehead atoms. The number of methoxy groups -OCH3 is 1. The van der Waals surface area contributed by atoms with Crippen molar-refractivity contribution in [2.24, 2.45) is 0 Å². The maximum absolute atomic E-state index is 13.2. The molecule has 0 aliphatic carbocycles. The number of hydrogen-bond donors (Lipinski definition) is 1. The first-order valence-electron chi connectivity index (χ1n) is 10.7. The number of rotatable bonds is 8. The topological polar surface area (TPSA) is 93.8 Å². The van der Waals surface area contributed by atoms with E-state index in [4.69, 9.17) is 9.15 Å². The van der Waals surface area contributed by atoms with Crippen LogP contribution in [0.4, 0.5) is 4.79 Å². The van der Waals surface area contributed by atoms with Gasteiger partial charge in [0.15, 0.2) is 5.78 Å². The zero-order valence-electron chi connectivity index (χ0n) is 19.2. The highest BCUT2D eigenvalue weighted by Gasteiger charge is 2.48. The number of nitrogens with one attached hydrogen (secondary N) is 1. The van der Waals surface area contributed by atoms with Gasteiger partial charge in [-0.1, -0.05) is 18.2 Å². The normalized spacial score (nSPS) is 18.0. The summed E-state index contributed by atoms with van der Waals surface area (Å²) in [6.45, 7) is 5.60. The van der Waals surface area contributed by atoms with E-state index in [1.807, 2.05) is 48.7 Å². The molecule has 2 aromatic heterocycles. The Hall–Kier alpha value is -3.81. The molecule has 172 valence electrons. The first-order valence-corrected chi connectivity index (χ1v) is 10.7. The van der Waals surface area contributed by atoms with E-state index in [1.54, 1.807) is 32.4 Å². The van der Waals surface area contributed by atoms with Crippen LogP contribution in [0.1, 0.15) is 40.0 Å². The summed E-state index contributed by atoms with van der Waals surface area (Å²) in [5.41, 5.74) is 1.77. The number of aryl methyl sites for hydroxylation is 1. The lowest BCUT2D eigenvalue weighted by Crippen LogP contribution is -2.46. The second kappa shape index (κ2) is 8.61. The standard InChI is InChI=1S/C25H27N3O5/c1-16-12-20(17(2)27(16)14-19-9-7-11-33-19)21(29)15-28-23(30)25(3,26-24(28)31)13-18-8-5-6-10-22(18)32-4/h5-12H,13-15H2,1-4H3,(H,26,31)/t25-/m1/s1. The number of hydrogen-bond acceptors (Lipinski definition) is 5. The SMILES string of the molecule is COc1ccccc1C[C@@]1(C)NC(=O)N(CC(=O)c2cc(C)n(Cc3ccco3)c2C)C1=O. The highest BCUT2D eigenvalue weighted by Crippen LogP contribution is 2.28. The molecule has 1 aliphatic heterocycles. The van der Waals surface area contributed by atoms with Crippen LogP contribution >= 0.6 is 0 Å². The lowest BCUT2D eigenvalue weighted by atomic mass is 9.92.